The molecule has 0 atom stereocenters. The van der Waals surface area contributed by atoms with Crippen LogP contribution in [0.2, 0.25) is 5.02 Å². The number of aromatic nitrogens is 2. The number of hydrogen-bond acceptors (Lipinski definition) is 5. The molecule has 0 radical (unpaired) electrons. The van der Waals surface area contributed by atoms with E-state index in [4.69, 9.17) is 16.0 Å². The summed E-state index contributed by atoms with van der Waals surface area (Å²) in [7, 11) is 0. The van der Waals surface area contributed by atoms with Gasteiger partial charge in [0, 0.05) is 22.1 Å². The Bertz CT molecular complexity index is 863. The topological polar surface area (TPSA) is 68.0 Å². The lowest BCUT2D eigenvalue weighted by atomic mass is 10.1. The predicted molar refractivity (Wildman–Crippen MR) is 104 cm³/mol. The normalized spacial score (nSPS) is 10.7. The van der Waals surface area contributed by atoms with Gasteiger partial charge in [0.15, 0.2) is 0 Å². The molecule has 5 nitrogen and oxygen atoms in total. The molecular weight excluding hydrogens is 370 g/mol. The molecule has 0 aliphatic carbocycles. The Kier molecular flexibility index (Phi) is 6.30. The lowest BCUT2D eigenvalue weighted by molar-refractivity contribution is -0.115. The van der Waals surface area contributed by atoms with E-state index in [1.54, 1.807) is 11.8 Å². The molecule has 0 saturated carbocycles. The highest BCUT2D eigenvalue weighted by atomic mass is 35.5. The van der Waals surface area contributed by atoms with Gasteiger partial charge in [0.2, 0.25) is 11.8 Å². The number of nitrogens with one attached hydrogen (secondary N) is 1. The first-order valence-corrected chi connectivity index (χ1v) is 9.51. The Morgan fingerprint density at radius 2 is 1.85 bits per heavy atom. The summed E-state index contributed by atoms with van der Waals surface area (Å²) >= 11 is 7.44. The number of aryl methyl sites for hydroxylation is 1. The number of thioether (sulfide) groups is 1. The average Bonchev–Trinajstić information content (AvgIpc) is 3.05. The number of halogens is 1. The van der Waals surface area contributed by atoms with E-state index < -0.39 is 0 Å². The van der Waals surface area contributed by atoms with Crippen LogP contribution in [0, 0.1) is 6.92 Å². The summed E-state index contributed by atoms with van der Waals surface area (Å²) in [5.41, 5.74) is 2.28. The van der Waals surface area contributed by atoms with Crippen LogP contribution in [0.25, 0.3) is 0 Å². The van der Waals surface area contributed by atoms with Gasteiger partial charge in [-0.1, -0.05) is 46.5 Å². The van der Waals surface area contributed by atoms with Crippen LogP contribution >= 0.6 is 23.4 Å². The Morgan fingerprint density at radius 3 is 2.58 bits per heavy atom. The SMILES string of the molecule is Cc1ccc(Cc2nnc(NC(=O)CCSc3ccc(Cl)cc3)o2)cc1. The standard InChI is InChI=1S/C19H18ClN3O2S/c1-13-2-4-14(5-3-13)12-18-22-23-19(25-18)21-17(24)10-11-26-16-8-6-15(20)7-9-16/h2-9H,10-12H2,1H3,(H,21,23,24). The fraction of sp³-hybridized carbons (Fsp3) is 0.211. The van der Waals surface area contributed by atoms with Crippen LogP contribution in [0.1, 0.15) is 23.4 Å². The van der Waals surface area contributed by atoms with E-state index in [1.165, 1.54) is 5.56 Å². The van der Waals surface area contributed by atoms with Gasteiger partial charge in [0.1, 0.15) is 0 Å². The summed E-state index contributed by atoms with van der Waals surface area (Å²) in [6.45, 7) is 2.04. The number of nitrogens with zero attached hydrogens (tertiary/aromatic N) is 2. The first-order valence-electron chi connectivity index (χ1n) is 8.14. The molecule has 0 saturated heterocycles. The third kappa shape index (κ3) is 5.61. The molecule has 1 heterocycles. The number of carbonyl (C=O) groups is 1. The molecular formula is C19H18ClN3O2S. The second-order valence-corrected chi connectivity index (χ2v) is 7.37. The quantitative estimate of drug-likeness (QED) is 0.593. The minimum Gasteiger partial charge on any atom is -0.407 e. The molecule has 0 spiro atoms. The first-order chi connectivity index (χ1) is 12.6. The van der Waals surface area contributed by atoms with Crippen molar-refractivity contribution in [1.82, 2.24) is 10.2 Å². The number of carbonyl (C=O) groups excluding carboxylic acids is 1. The van der Waals surface area contributed by atoms with Gasteiger partial charge in [-0.15, -0.1) is 16.9 Å². The van der Waals surface area contributed by atoms with Crippen molar-refractivity contribution in [1.29, 1.82) is 0 Å². The van der Waals surface area contributed by atoms with Gasteiger partial charge in [-0.2, -0.15) is 0 Å². The van der Waals surface area contributed by atoms with Crippen LogP contribution in [0.15, 0.2) is 57.8 Å². The Labute approximate surface area is 161 Å². The summed E-state index contributed by atoms with van der Waals surface area (Å²) in [5, 5.41) is 11.2. The number of rotatable bonds is 7. The largest absolute Gasteiger partial charge is 0.407 e. The van der Waals surface area contributed by atoms with E-state index in [1.807, 2.05) is 55.5 Å². The van der Waals surface area contributed by atoms with Gasteiger partial charge in [-0.3, -0.25) is 10.1 Å². The third-order valence-corrected chi connectivity index (χ3v) is 4.87. The van der Waals surface area contributed by atoms with Crippen molar-refractivity contribution in [2.45, 2.75) is 24.7 Å². The smallest absolute Gasteiger partial charge is 0.322 e. The maximum absolute atomic E-state index is 12.0. The predicted octanol–water partition coefficient (Wildman–Crippen LogP) is 4.74. The molecule has 1 N–H and O–H groups in total. The molecule has 1 aromatic heterocycles. The van der Waals surface area contributed by atoms with E-state index >= 15 is 0 Å². The molecule has 3 rings (SSSR count). The first kappa shape index (κ1) is 18.5. The molecule has 0 aliphatic rings. The van der Waals surface area contributed by atoms with E-state index in [0.29, 0.717) is 29.5 Å². The van der Waals surface area contributed by atoms with Crippen molar-refractivity contribution in [3.63, 3.8) is 0 Å². The summed E-state index contributed by atoms with van der Waals surface area (Å²) < 4.78 is 5.49. The maximum atomic E-state index is 12.0. The molecule has 0 fully saturated rings. The van der Waals surface area contributed by atoms with Gasteiger partial charge in [0.05, 0.1) is 6.42 Å². The van der Waals surface area contributed by atoms with Crippen molar-refractivity contribution in [3.05, 3.63) is 70.6 Å². The van der Waals surface area contributed by atoms with Crippen molar-refractivity contribution in [2.75, 3.05) is 11.1 Å². The molecule has 134 valence electrons. The highest BCUT2D eigenvalue weighted by Gasteiger charge is 2.10. The number of anilines is 1. The van der Waals surface area contributed by atoms with Crippen LogP contribution in [-0.4, -0.2) is 21.9 Å². The number of hydrogen-bond donors (Lipinski definition) is 1. The monoisotopic (exact) mass is 387 g/mol. The molecule has 0 bridgehead atoms. The van der Waals surface area contributed by atoms with E-state index in [-0.39, 0.29) is 11.9 Å². The number of benzene rings is 2. The highest BCUT2D eigenvalue weighted by Crippen LogP contribution is 2.21. The second kappa shape index (κ2) is 8.87. The summed E-state index contributed by atoms with van der Waals surface area (Å²) in [6, 6.07) is 15.8. The summed E-state index contributed by atoms with van der Waals surface area (Å²) in [4.78, 5) is 13.1. The Morgan fingerprint density at radius 1 is 1.12 bits per heavy atom. The third-order valence-electron chi connectivity index (χ3n) is 3.60. The van der Waals surface area contributed by atoms with Crippen LogP contribution in [-0.2, 0) is 11.2 Å². The number of amides is 1. The lowest BCUT2D eigenvalue weighted by Crippen LogP contribution is -2.12. The van der Waals surface area contributed by atoms with Gasteiger partial charge < -0.3 is 4.42 Å². The molecule has 7 heteroatoms. The van der Waals surface area contributed by atoms with Crippen molar-refractivity contribution >= 4 is 35.3 Å². The van der Waals surface area contributed by atoms with Gasteiger partial charge in [-0.25, -0.2) is 0 Å². The average molecular weight is 388 g/mol. The van der Waals surface area contributed by atoms with Crippen LogP contribution in [0.4, 0.5) is 6.01 Å². The fourth-order valence-corrected chi connectivity index (χ4v) is 3.21. The zero-order valence-electron chi connectivity index (χ0n) is 14.2. The molecule has 0 aliphatic heterocycles. The Balaban J connectivity index is 1.45. The van der Waals surface area contributed by atoms with E-state index in [9.17, 15) is 4.79 Å². The van der Waals surface area contributed by atoms with Crippen molar-refractivity contribution < 1.29 is 9.21 Å². The molecule has 3 aromatic rings. The zero-order valence-corrected chi connectivity index (χ0v) is 15.8. The Hall–Kier alpha value is -2.31. The summed E-state index contributed by atoms with van der Waals surface area (Å²) in [6.07, 6.45) is 0.887. The minimum atomic E-state index is -0.156. The van der Waals surface area contributed by atoms with E-state index in [2.05, 4.69) is 15.5 Å². The second-order valence-electron chi connectivity index (χ2n) is 5.76. The molecule has 1 amide bonds. The van der Waals surface area contributed by atoms with Crippen molar-refractivity contribution in [2.24, 2.45) is 0 Å². The van der Waals surface area contributed by atoms with Crippen LogP contribution in [0.5, 0.6) is 0 Å². The minimum absolute atomic E-state index is 0.133. The molecule has 0 unspecified atom stereocenters. The molecule has 26 heavy (non-hydrogen) atoms. The molecule has 2 aromatic carbocycles. The van der Waals surface area contributed by atoms with E-state index in [0.717, 1.165) is 10.5 Å². The van der Waals surface area contributed by atoms with Crippen LogP contribution < -0.4 is 5.32 Å². The van der Waals surface area contributed by atoms with Crippen LogP contribution in [0.3, 0.4) is 0 Å². The van der Waals surface area contributed by atoms with Crippen molar-refractivity contribution in [3.8, 4) is 0 Å². The zero-order chi connectivity index (χ0) is 18.4. The fourth-order valence-electron chi connectivity index (χ4n) is 2.23. The summed E-state index contributed by atoms with van der Waals surface area (Å²) in [5.74, 6) is 0.967. The maximum Gasteiger partial charge on any atom is 0.322 e. The van der Waals surface area contributed by atoms with Gasteiger partial charge in [0.25, 0.3) is 0 Å². The highest BCUT2D eigenvalue weighted by molar-refractivity contribution is 7.99. The van der Waals surface area contributed by atoms with Gasteiger partial charge >= 0.3 is 6.01 Å². The lowest BCUT2D eigenvalue weighted by Gasteiger charge is -2.02. The van der Waals surface area contributed by atoms with Gasteiger partial charge in [-0.05, 0) is 36.8 Å².